The van der Waals surface area contributed by atoms with Gasteiger partial charge in [-0.1, -0.05) is 30.3 Å². The van der Waals surface area contributed by atoms with Gasteiger partial charge < -0.3 is 4.90 Å². The van der Waals surface area contributed by atoms with E-state index >= 15 is 0 Å². The van der Waals surface area contributed by atoms with Crippen molar-refractivity contribution in [3.05, 3.63) is 65.7 Å². The molecule has 1 fully saturated rings. The number of carbonyl (C=O) groups is 1. The molecule has 0 atom stereocenters. The van der Waals surface area contributed by atoms with Crippen molar-refractivity contribution in [1.29, 1.82) is 0 Å². The summed E-state index contributed by atoms with van der Waals surface area (Å²) in [6, 6.07) is 11.5. The largest absolute Gasteiger partial charge is 0.331 e. The van der Waals surface area contributed by atoms with Gasteiger partial charge in [-0.25, -0.2) is 4.39 Å². The van der Waals surface area contributed by atoms with Crippen molar-refractivity contribution < 1.29 is 9.18 Å². The van der Waals surface area contributed by atoms with Gasteiger partial charge in [0.2, 0.25) is 0 Å². The van der Waals surface area contributed by atoms with E-state index in [1.54, 1.807) is 4.90 Å². The van der Waals surface area contributed by atoms with Crippen molar-refractivity contribution in [1.82, 2.24) is 9.88 Å². The Labute approximate surface area is 117 Å². The summed E-state index contributed by atoms with van der Waals surface area (Å²) >= 11 is 0. The number of amides is 1. The Morgan fingerprint density at radius 3 is 2.65 bits per heavy atom. The third-order valence-corrected chi connectivity index (χ3v) is 3.45. The van der Waals surface area contributed by atoms with Crippen molar-refractivity contribution >= 4 is 5.91 Å². The smallest absolute Gasteiger partial charge is 0.257 e. The third kappa shape index (κ3) is 2.69. The number of hydrogen-bond donors (Lipinski definition) is 0. The lowest BCUT2D eigenvalue weighted by Gasteiger charge is -2.22. The molecular weight excluding hydrogens is 255 g/mol. The first-order valence-electron chi connectivity index (χ1n) is 6.70. The number of halogens is 1. The molecule has 1 heterocycles. The van der Waals surface area contributed by atoms with Gasteiger partial charge in [-0.3, -0.25) is 9.78 Å². The van der Waals surface area contributed by atoms with E-state index in [9.17, 15) is 9.18 Å². The lowest BCUT2D eigenvalue weighted by molar-refractivity contribution is 0.0725. The molecular formula is C16H15FN2O. The molecule has 1 aromatic heterocycles. The van der Waals surface area contributed by atoms with Gasteiger partial charge in [0.15, 0.2) is 5.82 Å². The Morgan fingerprint density at radius 2 is 2.00 bits per heavy atom. The molecule has 0 bridgehead atoms. The molecule has 4 heteroatoms. The lowest BCUT2D eigenvalue weighted by atomic mass is 10.1. The summed E-state index contributed by atoms with van der Waals surface area (Å²) in [7, 11) is 0. The van der Waals surface area contributed by atoms with Crippen LogP contribution in [0.4, 0.5) is 4.39 Å². The fraction of sp³-hybridized carbons (Fsp3) is 0.250. The number of carbonyl (C=O) groups excluding carboxylic acids is 1. The van der Waals surface area contributed by atoms with Gasteiger partial charge in [0.25, 0.3) is 5.91 Å². The van der Waals surface area contributed by atoms with E-state index in [0.717, 1.165) is 24.6 Å². The van der Waals surface area contributed by atoms with Crippen LogP contribution in [0.1, 0.15) is 28.8 Å². The van der Waals surface area contributed by atoms with E-state index in [4.69, 9.17) is 0 Å². The average molecular weight is 270 g/mol. The quantitative estimate of drug-likeness (QED) is 0.855. The van der Waals surface area contributed by atoms with Crippen molar-refractivity contribution in [3.8, 4) is 0 Å². The molecule has 20 heavy (non-hydrogen) atoms. The highest BCUT2D eigenvalue weighted by molar-refractivity contribution is 5.94. The zero-order valence-corrected chi connectivity index (χ0v) is 11.0. The highest BCUT2D eigenvalue weighted by Crippen LogP contribution is 2.30. The van der Waals surface area contributed by atoms with E-state index in [0.29, 0.717) is 6.54 Å². The standard InChI is InChI=1S/C16H15FN2O/c17-15-10-18-9-8-14(15)16(20)19(13-6-7-13)11-12-4-2-1-3-5-12/h1-5,8-10,13H,6-7,11H2. The first-order chi connectivity index (χ1) is 9.75. The maximum Gasteiger partial charge on any atom is 0.257 e. The van der Waals surface area contributed by atoms with Crippen LogP contribution in [-0.4, -0.2) is 21.8 Å². The molecule has 102 valence electrons. The van der Waals surface area contributed by atoms with Crippen LogP contribution in [0.25, 0.3) is 0 Å². The van der Waals surface area contributed by atoms with Crippen LogP contribution in [0.5, 0.6) is 0 Å². The predicted octanol–water partition coefficient (Wildman–Crippen LogP) is 3.03. The van der Waals surface area contributed by atoms with Gasteiger partial charge in [-0.05, 0) is 24.5 Å². The van der Waals surface area contributed by atoms with Gasteiger partial charge in [-0.2, -0.15) is 0 Å². The third-order valence-electron chi connectivity index (χ3n) is 3.45. The van der Waals surface area contributed by atoms with E-state index < -0.39 is 5.82 Å². The fourth-order valence-corrected chi connectivity index (χ4v) is 2.24. The number of aromatic nitrogens is 1. The van der Waals surface area contributed by atoms with E-state index in [2.05, 4.69) is 4.98 Å². The van der Waals surface area contributed by atoms with E-state index in [1.165, 1.54) is 12.3 Å². The Morgan fingerprint density at radius 1 is 1.25 bits per heavy atom. The molecule has 0 aliphatic heterocycles. The summed E-state index contributed by atoms with van der Waals surface area (Å²) in [6.45, 7) is 0.520. The summed E-state index contributed by atoms with van der Waals surface area (Å²) in [5, 5.41) is 0. The molecule has 1 saturated carbocycles. The van der Waals surface area contributed by atoms with Crippen LogP contribution < -0.4 is 0 Å². The fourth-order valence-electron chi connectivity index (χ4n) is 2.24. The molecule has 2 aromatic rings. The lowest BCUT2D eigenvalue weighted by Crippen LogP contribution is -2.33. The Bertz CT molecular complexity index is 611. The van der Waals surface area contributed by atoms with Gasteiger partial charge in [0, 0.05) is 18.8 Å². The molecule has 0 N–H and O–H groups in total. The van der Waals surface area contributed by atoms with Crippen molar-refractivity contribution in [2.45, 2.75) is 25.4 Å². The maximum atomic E-state index is 13.7. The van der Waals surface area contributed by atoms with Crippen molar-refractivity contribution in [2.24, 2.45) is 0 Å². The van der Waals surface area contributed by atoms with E-state index in [-0.39, 0.29) is 17.5 Å². The Hall–Kier alpha value is -2.23. The molecule has 1 aromatic carbocycles. The van der Waals surface area contributed by atoms with Crippen LogP contribution in [0.2, 0.25) is 0 Å². The molecule has 0 saturated heterocycles. The number of hydrogen-bond acceptors (Lipinski definition) is 2. The van der Waals surface area contributed by atoms with Crippen LogP contribution in [0.3, 0.4) is 0 Å². The first-order valence-corrected chi connectivity index (χ1v) is 6.70. The van der Waals surface area contributed by atoms with Gasteiger partial charge >= 0.3 is 0 Å². The van der Waals surface area contributed by atoms with E-state index in [1.807, 2.05) is 30.3 Å². The average Bonchev–Trinajstić information content (AvgIpc) is 3.30. The van der Waals surface area contributed by atoms with Crippen molar-refractivity contribution in [2.75, 3.05) is 0 Å². The topological polar surface area (TPSA) is 33.2 Å². The summed E-state index contributed by atoms with van der Waals surface area (Å²) in [5.41, 5.74) is 1.16. The van der Waals surface area contributed by atoms with Crippen molar-refractivity contribution in [3.63, 3.8) is 0 Å². The highest BCUT2D eigenvalue weighted by atomic mass is 19.1. The van der Waals surface area contributed by atoms with Crippen LogP contribution in [-0.2, 0) is 6.54 Å². The Balaban J connectivity index is 1.84. The van der Waals surface area contributed by atoms with Crippen LogP contribution in [0.15, 0.2) is 48.8 Å². The Kier molecular flexibility index (Phi) is 3.46. The SMILES string of the molecule is O=C(c1ccncc1F)N(Cc1ccccc1)C1CC1. The van der Waals surface area contributed by atoms with Crippen LogP contribution >= 0.6 is 0 Å². The molecule has 0 radical (unpaired) electrons. The molecule has 1 aliphatic carbocycles. The molecule has 3 rings (SSSR count). The number of pyridine rings is 1. The predicted molar refractivity (Wildman–Crippen MR) is 73.5 cm³/mol. The van der Waals surface area contributed by atoms with Crippen LogP contribution in [0, 0.1) is 5.82 Å². The minimum atomic E-state index is -0.559. The summed E-state index contributed by atoms with van der Waals surface area (Å²) < 4.78 is 13.7. The zero-order chi connectivity index (χ0) is 13.9. The van der Waals surface area contributed by atoms with Gasteiger partial charge in [-0.15, -0.1) is 0 Å². The minimum absolute atomic E-state index is 0.0998. The zero-order valence-electron chi connectivity index (χ0n) is 11.0. The number of rotatable bonds is 4. The number of benzene rings is 1. The highest BCUT2D eigenvalue weighted by Gasteiger charge is 2.33. The van der Waals surface area contributed by atoms with Gasteiger partial charge in [0.05, 0.1) is 11.8 Å². The molecule has 0 unspecified atom stereocenters. The summed E-state index contributed by atoms with van der Waals surface area (Å²) in [6.07, 6.45) is 4.52. The summed E-state index contributed by atoms with van der Waals surface area (Å²) in [4.78, 5) is 18.0. The molecule has 3 nitrogen and oxygen atoms in total. The number of nitrogens with zero attached hydrogens (tertiary/aromatic N) is 2. The maximum absolute atomic E-state index is 13.7. The second-order valence-electron chi connectivity index (χ2n) is 5.01. The summed E-state index contributed by atoms with van der Waals surface area (Å²) in [5.74, 6) is -0.813. The molecule has 1 amide bonds. The minimum Gasteiger partial charge on any atom is -0.331 e. The normalized spacial score (nSPS) is 14.1. The second kappa shape index (κ2) is 5.41. The molecule has 0 spiro atoms. The van der Waals surface area contributed by atoms with Gasteiger partial charge in [0.1, 0.15) is 0 Å². The monoisotopic (exact) mass is 270 g/mol. The second-order valence-corrected chi connectivity index (χ2v) is 5.01. The first kappa shape index (κ1) is 12.8. The molecule has 1 aliphatic rings.